The molecule has 0 amide bonds. The molecule has 0 bridgehead atoms. The van der Waals surface area contributed by atoms with Crippen molar-refractivity contribution in [2.45, 2.75) is 39.3 Å². The molecule has 108 valence electrons. The van der Waals surface area contributed by atoms with Crippen molar-refractivity contribution in [3.05, 3.63) is 12.7 Å². The number of hydrogen-bond donors (Lipinski definition) is 0. The molecule has 5 nitrogen and oxygen atoms in total. The van der Waals surface area contributed by atoms with Crippen LogP contribution in [0.25, 0.3) is 0 Å². The van der Waals surface area contributed by atoms with Gasteiger partial charge in [-0.05, 0) is 46.2 Å². The number of likely N-dealkylation sites (N-methyl/N-ethyl adjacent to an activating group) is 1. The van der Waals surface area contributed by atoms with Gasteiger partial charge in [-0.2, -0.15) is 0 Å². The minimum atomic E-state index is 0.685. The summed E-state index contributed by atoms with van der Waals surface area (Å²) in [5.74, 6) is 0.821. The highest BCUT2D eigenvalue weighted by Crippen LogP contribution is 2.19. The van der Waals surface area contributed by atoms with E-state index in [1.807, 2.05) is 4.57 Å². The Morgan fingerprint density at radius 1 is 1.32 bits per heavy atom. The summed E-state index contributed by atoms with van der Waals surface area (Å²) < 4.78 is 2.04. The first-order valence-electron chi connectivity index (χ1n) is 7.40. The molecule has 0 aromatic carbocycles. The molecule has 1 fully saturated rings. The highest BCUT2D eigenvalue weighted by Gasteiger charge is 2.22. The van der Waals surface area contributed by atoms with Crippen molar-refractivity contribution in [1.29, 1.82) is 0 Å². The summed E-state index contributed by atoms with van der Waals surface area (Å²) in [7, 11) is 2.22. The Labute approximate surface area is 116 Å². The van der Waals surface area contributed by atoms with Crippen LogP contribution in [-0.2, 0) is 6.54 Å². The molecule has 1 aromatic heterocycles. The average Bonchev–Trinajstić information content (AvgIpc) is 2.90. The van der Waals surface area contributed by atoms with Gasteiger partial charge in [-0.3, -0.25) is 0 Å². The van der Waals surface area contributed by atoms with Crippen molar-refractivity contribution in [2.75, 3.05) is 33.2 Å². The molecule has 0 aliphatic carbocycles. The number of likely N-dealkylation sites (tertiary alicyclic amines) is 1. The van der Waals surface area contributed by atoms with E-state index < -0.39 is 0 Å². The molecule has 1 atom stereocenters. The van der Waals surface area contributed by atoms with Crippen molar-refractivity contribution >= 4 is 0 Å². The van der Waals surface area contributed by atoms with Gasteiger partial charge in [0, 0.05) is 32.2 Å². The molecule has 0 spiro atoms. The number of rotatable bonds is 6. The Hall–Kier alpha value is -0.940. The van der Waals surface area contributed by atoms with E-state index in [1.165, 1.54) is 32.5 Å². The van der Waals surface area contributed by atoms with Crippen LogP contribution >= 0.6 is 0 Å². The molecule has 0 radical (unpaired) electrons. The zero-order chi connectivity index (χ0) is 13.7. The molecule has 5 heteroatoms. The molecule has 0 N–H and O–H groups in total. The fraction of sp³-hybridized carbons (Fsp3) is 0.857. The lowest BCUT2D eigenvalue weighted by Gasteiger charge is -2.37. The smallest absolute Gasteiger partial charge is 0.119 e. The van der Waals surface area contributed by atoms with E-state index in [9.17, 15) is 0 Å². The summed E-state index contributed by atoms with van der Waals surface area (Å²) in [5.41, 5.74) is 0. The van der Waals surface area contributed by atoms with Crippen LogP contribution in [0.5, 0.6) is 0 Å². The molecule has 1 unspecified atom stereocenters. The van der Waals surface area contributed by atoms with Crippen LogP contribution in [0.2, 0.25) is 0 Å². The van der Waals surface area contributed by atoms with Gasteiger partial charge < -0.3 is 14.4 Å². The molecule has 1 aliphatic heterocycles. The molecular weight excluding hydrogens is 238 g/mol. The normalized spacial score (nSPS) is 21.4. The Bertz CT molecular complexity index is 349. The third-order valence-electron chi connectivity index (χ3n) is 4.06. The van der Waals surface area contributed by atoms with Gasteiger partial charge >= 0.3 is 0 Å². The summed E-state index contributed by atoms with van der Waals surface area (Å²) >= 11 is 0. The zero-order valence-corrected chi connectivity index (χ0v) is 12.5. The summed E-state index contributed by atoms with van der Waals surface area (Å²) in [4.78, 5) is 5.05. The molecule has 1 aromatic rings. The van der Waals surface area contributed by atoms with Gasteiger partial charge in [-0.25, -0.2) is 0 Å². The highest BCUT2D eigenvalue weighted by atomic mass is 15.2. The molecule has 2 rings (SSSR count). The second kappa shape index (κ2) is 7.01. The molecule has 19 heavy (non-hydrogen) atoms. The first-order valence-corrected chi connectivity index (χ1v) is 7.40. The molecule has 1 saturated heterocycles. The number of piperidine rings is 1. The van der Waals surface area contributed by atoms with Crippen LogP contribution in [0.4, 0.5) is 0 Å². The zero-order valence-electron chi connectivity index (χ0n) is 12.5. The summed E-state index contributed by atoms with van der Waals surface area (Å²) in [6.07, 6.45) is 6.30. The number of nitrogens with zero attached hydrogens (tertiary/aromatic N) is 5. The Morgan fingerprint density at radius 2 is 2.05 bits per heavy atom. The predicted molar refractivity (Wildman–Crippen MR) is 77.0 cm³/mol. The number of hydrogen-bond acceptors (Lipinski definition) is 4. The second-order valence-corrected chi connectivity index (χ2v) is 6.06. The quantitative estimate of drug-likeness (QED) is 0.777. The van der Waals surface area contributed by atoms with E-state index in [4.69, 9.17) is 0 Å². The maximum Gasteiger partial charge on any atom is 0.119 e. The van der Waals surface area contributed by atoms with E-state index in [2.05, 4.69) is 40.9 Å². The standard InChI is InChI=1S/C14H27N5/c1-13(2)19-6-4-5-14(10-19)9-17(3)7-8-18-11-15-16-12-18/h11-14H,4-10H2,1-3H3. The van der Waals surface area contributed by atoms with Crippen molar-refractivity contribution in [1.82, 2.24) is 24.6 Å². The third-order valence-corrected chi connectivity index (χ3v) is 4.06. The highest BCUT2D eigenvalue weighted by molar-refractivity contribution is 4.77. The topological polar surface area (TPSA) is 37.2 Å². The van der Waals surface area contributed by atoms with Crippen molar-refractivity contribution < 1.29 is 0 Å². The predicted octanol–water partition coefficient (Wildman–Crippen LogP) is 1.33. The van der Waals surface area contributed by atoms with Gasteiger partial charge in [0.15, 0.2) is 0 Å². The molecular formula is C14H27N5. The van der Waals surface area contributed by atoms with Crippen LogP contribution in [0.3, 0.4) is 0 Å². The fourth-order valence-corrected chi connectivity index (χ4v) is 2.87. The van der Waals surface area contributed by atoms with E-state index in [1.54, 1.807) is 12.7 Å². The Morgan fingerprint density at radius 3 is 2.74 bits per heavy atom. The monoisotopic (exact) mass is 265 g/mol. The van der Waals surface area contributed by atoms with Gasteiger partial charge in [0.1, 0.15) is 12.7 Å². The summed E-state index contributed by atoms with van der Waals surface area (Å²) in [5, 5.41) is 7.67. The summed E-state index contributed by atoms with van der Waals surface area (Å²) in [6.45, 7) is 10.4. The van der Waals surface area contributed by atoms with E-state index in [0.29, 0.717) is 6.04 Å². The lowest BCUT2D eigenvalue weighted by Crippen LogP contribution is -2.43. The van der Waals surface area contributed by atoms with Crippen molar-refractivity contribution in [3.63, 3.8) is 0 Å². The minimum Gasteiger partial charge on any atom is -0.319 e. The lowest BCUT2D eigenvalue weighted by molar-refractivity contribution is 0.116. The van der Waals surface area contributed by atoms with Gasteiger partial charge in [0.2, 0.25) is 0 Å². The van der Waals surface area contributed by atoms with E-state index in [-0.39, 0.29) is 0 Å². The van der Waals surface area contributed by atoms with Crippen molar-refractivity contribution in [2.24, 2.45) is 5.92 Å². The van der Waals surface area contributed by atoms with Crippen LogP contribution in [0.1, 0.15) is 26.7 Å². The Kier molecular flexibility index (Phi) is 5.34. The minimum absolute atomic E-state index is 0.685. The maximum absolute atomic E-state index is 3.83. The molecule has 2 heterocycles. The van der Waals surface area contributed by atoms with E-state index >= 15 is 0 Å². The summed E-state index contributed by atoms with van der Waals surface area (Å²) in [6, 6.07) is 0.685. The van der Waals surface area contributed by atoms with E-state index in [0.717, 1.165) is 19.0 Å². The van der Waals surface area contributed by atoms with Gasteiger partial charge in [-0.15, -0.1) is 10.2 Å². The maximum atomic E-state index is 3.83. The molecule has 0 saturated carbocycles. The van der Waals surface area contributed by atoms with Crippen LogP contribution < -0.4 is 0 Å². The van der Waals surface area contributed by atoms with Crippen LogP contribution in [-0.4, -0.2) is 63.8 Å². The van der Waals surface area contributed by atoms with Crippen LogP contribution in [0, 0.1) is 5.92 Å². The number of aromatic nitrogens is 3. The largest absolute Gasteiger partial charge is 0.319 e. The molecule has 1 aliphatic rings. The van der Waals surface area contributed by atoms with Gasteiger partial charge in [0.05, 0.1) is 0 Å². The first kappa shape index (κ1) is 14.5. The average molecular weight is 265 g/mol. The SMILES string of the molecule is CC(C)N1CCCC(CN(C)CCn2cnnc2)C1. The Balaban J connectivity index is 1.70. The first-order chi connectivity index (χ1) is 9.15. The second-order valence-electron chi connectivity index (χ2n) is 6.06. The van der Waals surface area contributed by atoms with Gasteiger partial charge in [0.25, 0.3) is 0 Å². The lowest BCUT2D eigenvalue weighted by atomic mass is 9.96. The fourth-order valence-electron chi connectivity index (χ4n) is 2.87. The van der Waals surface area contributed by atoms with Gasteiger partial charge in [-0.1, -0.05) is 0 Å². The van der Waals surface area contributed by atoms with Crippen LogP contribution in [0.15, 0.2) is 12.7 Å². The third kappa shape index (κ3) is 4.58. The van der Waals surface area contributed by atoms with Crippen molar-refractivity contribution in [3.8, 4) is 0 Å².